The first-order valence-electron chi connectivity index (χ1n) is 3.95. The van der Waals surface area contributed by atoms with Gasteiger partial charge in [0.15, 0.2) is 0 Å². The molecule has 0 saturated carbocycles. The minimum absolute atomic E-state index is 0.173. The molecule has 1 atom stereocenters. The molecule has 0 bridgehead atoms. The van der Waals surface area contributed by atoms with E-state index in [2.05, 4.69) is 16.2 Å². The lowest BCUT2D eigenvalue weighted by molar-refractivity contribution is -0.139. The van der Waals surface area contributed by atoms with Crippen molar-refractivity contribution in [3.05, 3.63) is 0 Å². The van der Waals surface area contributed by atoms with Crippen molar-refractivity contribution in [3.8, 4) is 0 Å². The highest BCUT2D eigenvalue weighted by Gasteiger charge is 2.11. The number of amides is 2. The van der Waals surface area contributed by atoms with Crippen LogP contribution in [0, 0.1) is 0 Å². The minimum atomic E-state index is -1.04. The Balaban J connectivity index is 3.64. The maximum Gasteiger partial charge on any atom is 0.320 e. The second-order valence-corrected chi connectivity index (χ2v) is 2.67. The summed E-state index contributed by atoms with van der Waals surface area (Å²) in [6.45, 7) is 2.48. The van der Waals surface area contributed by atoms with Crippen molar-refractivity contribution in [1.29, 1.82) is 0 Å². The Labute approximate surface area is 80.8 Å². The number of carboxylic acids is 1. The summed E-state index contributed by atoms with van der Waals surface area (Å²) in [5.41, 5.74) is 4.15. The van der Waals surface area contributed by atoms with Gasteiger partial charge >= 0.3 is 5.97 Å². The van der Waals surface area contributed by atoms with Gasteiger partial charge in [-0.3, -0.25) is 30.6 Å². The van der Waals surface area contributed by atoms with E-state index in [1.807, 2.05) is 0 Å². The summed E-state index contributed by atoms with van der Waals surface area (Å²) >= 11 is 0. The van der Waals surface area contributed by atoms with Gasteiger partial charge in [-0.25, -0.2) is 0 Å². The Morgan fingerprint density at radius 1 is 1.29 bits per heavy atom. The third kappa shape index (κ3) is 5.95. The van der Waals surface area contributed by atoms with E-state index in [1.54, 1.807) is 0 Å². The highest BCUT2D eigenvalue weighted by molar-refractivity contribution is 5.82. The Bertz CT molecular complexity index is 241. The highest BCUT2D eigenvalue weighted by Crippen LogP contribution is 1.78. The Kier molecular flexibility index (Phi) is 5.23. The van der Waals surface area contributed by atoms with E-state index in [0.29, 0.717) is 0 Å². The highest BCUT2D eigenvalue weighted by atomic mass is 16.4. The van der Waals surface area contributed by atoms with E-state index in [1.165, 1.54) is 13.8 Å². The zero-order valence-electron chi connectivity index (χ0n) is 7.96. The number of hydrogen-bond acceptors (Lipinski definition) is 4. The predicted octanol–water partition coefficient (Wildman–Crippen LogP) is -1.78. The maximum atomic E-state index is 10.9. The number of carboxylic acid groups (broad SMARTS) is 1. The molecule has 80 valence electrons. The average molecular weight is 203 g/mol. The van der Waals surface area contributed by atoms with Crippen LogP contribution >= 0.6 is 0 Å². The van der Waals surface area contributed by atoms with Crippen LogP contribution in [0.5, 0.6) is 0 Å². The minimum Gasteiger partial charge on any atom is -0.480 e. The summed E-state index contributed by atoms with van der Waals surface area (Å²) in [6.07, 6.45) is 0. The van der Waals surface area contributed by atoms with Gasteiger partial charge in [-0.05, 0) is 6.92 Å². The molecule has 0 aliphatic heterocycles. The van der Waals surface area contributed by atoms with Crippen molar-refractivity contribution in [3.63, 3.8) is 0 Å². The van der Waals surface area contributed by atoms with E-state index in [9.17, 15) is 14.4 Å². The molecule has 2 amide bonds. The van der Waals surface area contributed by atoms with Gasteiger partial charge in [0.2, 0.25) is 5.91 Å². The second-order valence-electron chi connectivity index (χ2n) is 2.67. The first-order chi connectivity index (χ1) is 6.43. The second kappa shape index (κ2) is 5.92. The first kappa shape index (κ1) is 12.4. The number of hydrogen-bond donors (Lipinski definition) is 4. The monoisotopic (exact) mass is 203 g/mol. The van der Waals surface area contributed by atoms with Crippen molar-refractivity contribution in [2.75, 3.05) is 6.54 Å². The van der Waals surface area contributed by atoms with Crippen molar-refractivity contribution in [2.45, 2.75) is 19.9 Å². The molecule has 0 rings (SSSR count). The molecular formula is C7H13N3O4. The predicted molar refractivity (Wildman–Crippen MR) is 47.1 cm³/mol. The summed E-state index contributed by atoms with van der Waals surface area (Å²) < 4.78 is 0. The molecule has 7 nitrogen and oxygen atoms in total. The zero-order valence-corrected chi connectivity index (χ0v) is 7.96. The van der Waals surface area contributed by atoms with Crippen LogP contribution in [0.25, 0.3) is 0 Å². The van der Waals surface area contributed by atoms with Crippen LogP contribution in [-0.4, -0.2) is 35.5 Å². The number of rotatable bonds is 4. The summed E-state index contributed by atoms with van der Waals surface area (Å²) in [5, 5.41) is 10.9. The molecule has 0 aliphatic carbocycles. The number of carbonyl (C=O) groups excluding carboxylic acids is 2. The molecule has 0 unspecified atom stereocenters. The van der Waals surface area contributed by atoms with Crippen molar-refractivity contribution < 1.29 is 19.5 Å². The topological polar surface area (TPSA) is 108 Å². The summed E-state index contributed by atoms with van der Waals surface area (Å²) in [6, 6.07) is -0.807. The van der Waals surface area contributed by atoms with Gasteiger partial charge < -0.3 is 5.11 Å². The molecule has 0 aromatic heterocycles. The van der Waals surface area contributed by atoms with E-state index in [4.69, 9.17) is 5.11 Å². The van der Waals surface area contributed by atoms with Crippen LogP contribution in [0.15, 0.2) is 0 Å². The fourth-order valence-electron chi connectivity index (χ4n) is 0.535. The SMILES string of the molecule is CC(=O)NNC(=O)CN[C@H](C)C(=O)O. The summed E-state index contributed by atoms with van der Waals surface area (Å²) in [5.74, 6) is -1.95. The molecule has 0 aliphatic rings. The van der Waals surface area contributed by atoms with Crippen molar-refractivity contribution >= 4 is 17.8 Å². The van der Waals surface area contributed by atoms with Crippen LogP contribution in [0.1, 0.15) is 13.8 Å². The lowest BCUT2D eigenvalue weighted by Crippen LogP contribution is -2.47. The third-order valence-electron chi connectivity index (χ3n) is 1.32. The molecule has 0 spiro atoms. The number of nitrogens with one attached hydrogen (secondary N) is 3. The summed E-state index contributed by atoms with van der Waals surface area (Å²) in [4.78, 5) is 31.6. The van der Waals surface area contributed by atoms with Crippen LogP contribution in [-0.2, 0) is 14.4 Å². The fourth-order valence-corrected chi connectivity index (χ4v) is 0.535. The summed E-state index contributed by atoms with van der Waals surface area (Å²) in [7, 11) is 0. The molecule has 0 fully saturated rings. The molecular weight excluding hydrogens is 190 g/mol. The van der Waals surface area contributed by atoms with Gasteiger partial charge in [0, 0.05) is 6.92 Å². The van der Waals surface area contributed by atoms with Crippen LogP contribution < -0.4 is 16.2 Å². The smallest absolute Gasteiger partial charge is 0.320 e. The van der Waals surface area contributed by atoms with E-state index in [0.717, 1.165) is 0 Å². The molecule has 0 aromatic rings. The van der Waals surface area contributed by atoms with Crippen molar-refractivity contribution in [1.82, 2.24) is 16.2 Å². The van der Waals surface area contributed by atoms with Gasteiger partial charge in [-0.15, -0.1) is 0 Å². The molecule has 0 radical (unpaired) electrons. The van der Waals surface area contributed by atoms with E-state index in [-0.39, 0.29) is 6.54 Å². The van der Waals surface area contributed by atoms with Gasteiger partial charge in [0.05, 0.1) is 6.54 Å². The fraction of sp³-hybridized carbons (Fsp3) is 0.571. The Morgan fingerprint density at radius 2 is 1.86 bits per heavy atom. The Hall–Kier alpha value is -1.63. The van der Waals surface area contributed by atoms with Gasteiger partial charge in [-0.1, -0.05) is 0 Å². The normalized spacial score (nSPS) is 11.6. The lowest BCUT2D eigenvalue weighted by atomic mass is 10.3. The molecule has 7 heteroatoms. The molecule has 0 aromatic carbocycles. The molecule has 4 N–H and O–H groups in total. The van der Waals surface area contributed by atoms with E-state index < -0.39 is 23.8 Å². The van der Waals surface area contributed by atoms with Crippen LogP contribution in [0.2, 0.25) is 0 Å². The average Bonchev–Trinajstić information content (AvgIpc) is 2.10. The van der Waals surface area contributed by atoms with E-state index >= 15 is 0 Å². The van der Waals surface area contributed by atoms with Gasteiger partial charge in [-0.2, -0.15) is 0 Å². The molecule has 0 heterocycles. The Morgan fingerprint density at radius 3 is 2.29 bits per heavy atom. The first-order valence-corrected chi connectivity index (χ1v) is 3.95. The lowest BCUT2D eigenvalue weighted by Gasteiger charge is -2.09. The standard InChI is InChI=1S/C7H13N3O4/c1-4(7(13)14)8-3-6(12)10-9-5(2)11/h4,8H,3H2,1-2H3,(H,9,11)(H,10,12)(H,13,14)/t4-/m1/s1. The zero-order chi connectivity index (χ0) is 11.1. The number of hydrazine groups is 1. The maximum absolute atomic E-state index is 10.9. The van der Waals surface area contributed by atoms with Crippen LogP contribution in [0.3, 0.4) is 0 Å². The number of aliphatic carboxylic acids is 1. The molecule has 14 heavy (non-hydrogen) atoms. The van der Waals surface area contributed by atoms with Crippen LogP contribution in [0.4, 0.5) is 0 Å². The number of carbonyl (C=O) groups is 3. The van der Waals surface area contributed by atoms with Gasteiger partial charge in [0.25, 0.3) is 5.91 Å². The molecule has 0 saturated heterocycles. The largest absolute Gasteiger partial charge is 0.480 e. The van der Waals surface area contributed by atoms with Crippen molar-refractivity contribution in [2.24, 2.45) is 0 Å². The third-order valence-corrected chi connectivity index (χ3v) is 1.32. The van der Waals surface area contributed by atoms with Gasteiger partial charge in [0.1, 0.15) is 6.04 Å². The quantitative estimate of drug-likeness (QED) is 0.404.